The van der Waals surface area contributed by atoms with E-state index in [2.05, 4.69) is 64.9 Å². The Balaban J connectivity index is 1.64. The van der Waals surface area contributed by atoms with Crippen molar-refractivity contribution in [1.82, 2.24) is 42.5 Å². The van der Waals surface area contributed by atoms with Crippen LogP contribution in [0.25, 0.3) is 0 Å². The van der Waals surface area contributed by atoms with Crippen molar-refractivity contribution in [2.45, 2.75) is 18.4 Å². The Hall–Kier alpha value is -0.870. The molecule has 3 fully saturated rings. The first-order valence-corrected chi connectivity index (χ1v) is 15.6. The van der Waals surface area contributed by atoms with Crippen LogP contribution in [0.2, 0.25) is 0 Å². The molecule has 0 aromatic rings. The normalized spacial score (nSPS) is 23.4. The third-order valence-corrected chi connectivity index (χ3v) is 7.00. The molecule has 14 heteroatoms. The van der Waals surface area contributed by atoms with Crippen molar-refractivity contribution in [3.63, 3.8) is 0 Å². The van der Waals surface area contributed by atoms with E-state index in [1.807, 2.05) is 0 Å². The van der Waals surface area contributed by atoms with Crippen LogP contribution in [0.3, 0.4) is 0 Å². The number of hydrogen-bond donors (Lipinski definition) is 8. The average Bonchev–Trinajstić information content (AvgIpc) is 2.95. The van der Waals surface area contributed by atoms with Gasteiger partial charge in [-0.05, 0) is 43.2 Å². The fourth-order valence-electron chi connectivity index (χ4n) is 4.46. The van der Waals surface area contributed by atoms with Crippen LogP contribution in [-0.2, 0) is 14.2 Å². The third-order valence-electron chi connectivity index (χ3n) is 6.62. The highest BCUT2D eigenvalue weighted by Crippen LogP contribution is 2.03. The SMILES string of the molecule is S=C=NCCCOCCOCCOCCCNC(=S)NC12CNCCNCC(CNCCNC1)CNCCNC2. The van der Waals surface area contributed by atoms with Crippen molar-refractivity contribution in [3.05, 3.63) is 0 Å². The lowest BCUT2D eigenvalue weighted by molar-refractivity contribution is 0.0142. The van der Waals surface area contributed by atoms with Crippen molar-refractivity contribution in [3.8, 4) is 0 Å². The van der Waals surface area contributed by atoms with Gasteiger partial charge in [0.25, 0.3) is 0 Å². The fourth-order valence-corrected chi connectivity index (χ4v) is 4.87. The molecule has 3 rings (SSSR count). The molecule has 0 aromatic carbocycles. The van der Waals surface area contributed by atoms with Gasteiger partial charge in [-0.25, -0.2) is 4.99 Å². The maximum atomic E-state index is 5.71. The summed E-state index contributed by atoms with van der Waals surface area (Å²) in [6.45, 7) is 16.0. The maximum Gasteiger partial charge on any atom is 0.166 e. The zero-order valence-electron chi connectivity index (χ0n) is 24.1. The highest BCUT2D eigenvalue weighted by Gasteiger charge is 2.30. The van der Waals surface area contributed by atoms with E-state index in [1.54, 1.807) is 0 Å². The Labute approximate surface area is 251 Å². The molecule has 0 spiro atoms. The summed E-state index contributed by atoms with van der Waals surface area (Å²) in [5.74, 6) is 0.581. The molecular formula is C26H53N9O3S2. The number of hydrogen-bond acceptors (Lipinski definition) is 12. The number of nitrogens with one attached hydrogen (secondary N) is 8. The minimum atomic E-state index is -0.254. The van der Waals surface area contributed by atoms with E-state index in [0.717, 1.165) is 97.9 Å². The molecule has 0 aliphatic carbocycles. The van der Waals surface area contributed by atoms with Gasteiger partial charge in [-0.2, -0.15) is 0 Å². The molecule has 0 atom stereocenters. The van der Waals surface area contributed by atoms with Gasteiger partial charge in [-0.1, -0.05) is 0 Å². The molecule has 0 unspecified atom stereocenters. The Morgan fingerprint density at radius 2 is 1.20 bits per heavy atom. The quantitative estimate of drug-likeness (QED) is 0.0615. The Morgan fingerprint density at radius 3 is 1.73 bits per heavy atom. The second-order valence-electron chi connectivity index (χ2n) is 10.2. The van der Waals surface area contributed by atoms with Crippen molar-refractivity contribution in [2.24, 2.45) is 10.9 Å². The van der Waals surface area contributed by atoms with Gasteiger partial charge in [0.05, 0.1) is 43.7 Å². The van der Waals surface area contributed by atoms with E-state index in [4.69, 9.17) is 26.4 Å². The lowest BCUT2D eigenvalue weighted by atomic mass is 9.98. The van der Waals surface area contributed by atoms with Gasteiger partial charge in [-0.3, -0.25) is 0 Å². The number of thiocarbonyl (C=S) groups is 2. The predicted molar refractivity (Wildman–Crippen MR) is 169 cm³/mol. The van der Waals surface area contributed by atoms with E-state index in [9.17, 15) is 0 Å². The lowest BCUT2D eigenvalue weighted by Gasteiger charge is -2.37. The van der Waals surface area contributed by atoms with Crippen LogP contribution < -0.4 is 42.5 Å². The summed E-state index contributed by atoms with van der Waals surface area (Å²) in [4.78, 5) is 3.85. The van der Waals surface area contributed by atoms with Gasteiger partial charge < -0.3 is 56.7 Å². The first-order chi connectivity index (χ1) is 19.7. The summed E-state index contributed by atoms with van der Waals surface area (Å²) in [5, 5.41) is 31.8. The van der Waals surface area contributed by atoms with E-state index in [-0.39, 0.29) is 5.54 Å². The molecule has 232 valence electrons. The summed E-state index contributed by atoms with van der Waals surface area (Å²) in [6, 6.07) is 0. The van der Waals surface area contributed by atoms with Crippen molar-refractivity contribution in [1.29, 1.82) is 0 Å². The Morgan fingerprint density at radius 1 is 0.725 bits per heavy atom. The van der Waals surface area contributed by atoms with E-state index in [0.29, 0.717) is 57.2 Å². The smallest absolute Gasteiger partial charge is 0.166 e. The molecule has 0 amide bonds. The molecular weight excluding hydrogens is 550 g/mol. The van der Waals surface area contributed by atoms with Crippen LogP contribution in [0.4, 0.5) is 0 Å². The second-order valence-corrected chi connectivity index (χ2v) is 10.8. The predicted octanol–water partition coefficient (Wildman–Crippen LogP) is -1.70. The molecule has 3 aliphatic heterocycles. The van der Waals surface area contributed by atoms with Crippen LogP contribution in [0, 0.1) is 5.92 Å². The van der Waals surface area contributed by atoms with E-state index >= 15 is 0 Å². The van der Waals surface area contributed by atoms with Crippen LogP contribution in [0.1, 0.15) is 12.8 Å². The van der Waals surface area contributed by atoms with Crippen LogP contribution in [0.15, 0.2) is 4.99 Å². The number of nitrogens with zero attached hydrogens (tertiary/aromatic N) is 1. The van der Waals surface area contributed by atoms with Gasteiger partial charge in [0.2, 0.25) is 0 Å². The number of ether oxygens (including phenoxy) is 3. The fraction of sp³-hybridized carbons (Fsp3) is 0.923. The lowest BCUT2D eigenvalue weighted by Crippen LogP contribution is -2.67. The monoisotopic (exact) mass is 603 g/mol. The number of rotatable bonds is 15. The van der Waals surface area contributed by atoms with Gasteiger partial charge >= 0.3 is 0 Å². The molecule has 8 N–H and O–H groups in total. The summed E-state index contributed by atoms with van der Waals surface area (Å²) < 4.78 is 16.7. The minimum Gasteiger partial charge on any atom is -0.379 e. The molecule has 0 saturated carbocycles. The standard InChI is InChI=1S/C26H53N9O3S2/c39-23-33-3-1-11-36-13-15-38-16-14-37-12-2-4-34-25(40)35-26-20-30-8-5-27-17-24(18-28-6-9-31-21-26)19-29-7-10-32-22-26/h24,27-32H,1-22H2,(H2,34,35,40). The summed E-state index contributed by atoms with van der Waals surface area (Å²) >= 11 is 10.2. The Bertz CT molecular complexity index is 649. The number of fused-ring (bicyclic) bond motifs is 15. The molecule has 2 bridgehead atoms. The van der Waals surface area contributed by atoms with Gasteiger partial charge in [0.1, 0.15) is 0 Å². The van der Waals surface area contributed by atoms with Gasteiger partial charge in [0.15, 0.2) is 5.11 Å². The van der Waals surface area contributed by atoms with E-state index < -0.39 is 0 Å². The average molecular weight is 604 g/mol. The highest BCUT2D eigenvalue weighted by atomic mass is 32.1. The van der Waals surface area contributed by atoms with Crippen LogP contribution in [0.5, 0.6) is 0 Å². The number of aliphatic imine (C=N–C) groups is 1. The van der Waals surface area contributed by atoms with Gasteiger partial charge in [0, 0.05) is 98.3 Å². The van der Waals surface area contributed by atoms with Crippen LogP contribution in [-0.4, -0.2) is 147 Å². The topological polar surface area (TPSA) is 136 Å². The molecule has 40 heavy (non-hydrogen) atoms. The zero-order chi connectivity index (χ0) is 28.4. The minimum absolute atomic E-state index is 0.254. The second kappa shape index (κ2) is 24.7. The molecule has 0 radical (unpaired) electrons. The van der Waals surface area contributed by atoms with E-state index in [1.165, 1.54) is 0 Å². The molecule has 3 saturated heterocycles. The first kappa shape index (κ1) is 35.3. The number of isothiocyanates is 1. The molecule has 12 nitrogen and oxygen atoms in total. The maximum absolute atomic E-state index is 5.71. The first-order valence-electron chi connectivity index (χ1n) is 14.8. The molecule has 3 heterocycles. The van der Waals surface area contributed by atoms with Crippen molar-refractivity contribution < 1.29 is 14.2 Å². The van der Waals surface area contributed by atoms with Crippen LogP contribution >= 0.6 is 24.4 Å². The van der Waals surface area contributed by atoms with Gasteiger partial charge in [-0.15, -0.1) is 0 Å². The highest BCUT2D eigenvalue weighted by molar-refractivity contribution is 7.80. The molecule has 3 aliphatic rings. The van der Waals surface area contributed by atoms with Crippen molar-refractivity contribution in [2.75, 3.05) is 131 Å². The Kier molecular flexibility index (Phi) is 21.8. The summed E-state index contributed by atoms with van der Waals surface area (Å²) in [6.07, 6.45) is 1.71. The molecule has 0 aromatic heterocycles. The summed E-state index contributed by atoms with van der Waals surface area (Å²) in [7, 11) is 0. The van der Waals surface area contributed by atoms with Crippen molar-refractivity contribution >= 4 is 34.7 Å². The zero-order valence-corrected chi connectivity index (χ0v) is 25.8. The third kappa shape index (κ3) is 18.5. The summed E-state index contributed by atoms with van der Waals surface area (Å²) in [5.41, 5.74) is -0.254. The largest absolute Gasteiger partial charge is 0.379 e.